The van der Waals surface area contributed by atoms with Gasteiger partial charge in [0.05, 0.1) is 22.3 Å². The molecule has 35 heavy (non-hydrogen) atoms. The molecule has 1 amide bonds. The van der Waals surface area contributed by atoms with E-state index < -0.39 is 0 Å². The summed E-state index contributed by atoms with van der Waals surface area (Å²) in [6, 6.07) is 23.0. The number of halogens is 3. The Bertz CT molecular complexity index is 1210. The topological polar surface area (TPSA) is 44.1 Å². The molecule has 0 saturated heterocycles. The summed E-state index contributed by atoms with van der Waals surface area (Å²) in [5, 5.41) is 11.1. The number of hydrogen-bond donors (Lipinski definition) is 0. The van der Waals surface area contributed by atoms with Crippen LogP contribution in [0.2, 0.25) is 15.1 Å². The molecule has 3 aromatic rings. The van der Waals surface area contributed by atoms with E-state index >= 15 is 0 Å². The van der Waals surface area contributed by atoms with Gasteiger partial charge in [-0.3, -0.25) is 4.79 Å². The first-order chi connectivity index (χ1) is 16.9. The lowest BCUT2D eigenvalue weighted by Gasteiger charge is -2.31. The van der Waals surface area contributed by atoms with Crippen molar-refractivity contribution in [2.75, 3.05) is 11.4 Å². The number of hydrogen-bond acceptors (Lipinski definition) is 2. The molecule has 0 heterocycles. The van der Waals surface area contributed by atoms with Gasteiger partial charge in [0.2, 0.25) is 5.91 Å². The molecule has 1 aliphatic rings. The van der Waals surface area contributed by atoms with Crippen LogP contribution in [-0.2, 0) is 17.6 Å². The fourth-order valence-corrected chi connectivity index (χ4v) is 5.55. The summed E-state index contributed by atoms with van der Waals surface area (Å²) in [6.07, 6.45) is 5.45. The number of anilines is 1. The van der Waals surface area contributed by atoms with Gasteiger partial charge in [-0.1, -0.05) is 71.9 Å². The molecule has 180 valence electrons. The zero-order valence-corrected chi connectivity index (χ0v) is 21.7. The Labute approximate surface area is 222 Å². The molecular weight excluding hydrogens is 499 g/mol. The van der Waals surface area contributed by atoms with Gasteiger partial charge in [-0.25, -0.2) is 0 Å². The van der Waals surface area contributed by atoms with E-state index in [1.54, 1.807) is 18.2 Å². The molecule has 3 nitrogen and oxygen atoms in total. The van der Waals surface area contributed by atoms with Gasteiger partial charge in [0.25, 0.3) is 0 Å². The van der Waals surface area contributed by atoms with Crippen molar-refractivity contribution in [2.45, 2.75) is 38.5 Å². The van der Waals surface area contributed by atoms with Crippen LogP contribution in [0.4, 0.5) is 5.69 Å². The van der Waals surface area contributed by atoms with Crippen molar-refractivity contribution in [1.82, 2.24) is 0 Å². The van der Waals surface area contributed by atoms with Crippen LogP contribution in [0.25, 0.3) is 0 Å². The Morgan fingerprint density at radius 1 is 0.914 bits per heavy atom. The highest BCUT2D eigenvalue weighted by atomic mass is 35.5. The largest absolute Gasteiger partial charge is 0.310 e. The average Bonchev–Trinajstić information content (AvgIpc) is 3.39. The fraction of sp³-hybridized carbons (Fsp3) is 0.310. The normalized spacial score (nSPS) is 14.5. The van der Waals surface area contributed by atoms with Gasteiger partial charge in [0.15, 0.2) is 0 Å². The standard InChI is InChI=1S/C29H27Cl3N2O/c30-25-10-8-20(9-11-25)14-23(16-21-4-3-5-22(15-21)18-33)19-34(29(35)24-6-1-2-7-24)28-13-12-26(31)17-27(28)32/h3-5,8-13,15,17,23-24H,1-2,6-7,14,16,19H2. The minimum atomic E-state index is 0.0137. The number of carbonyl (C=O) groups excluding carboxylic acids is 1. The minimum absolute atomic E-state index is 0.0137. The first kappa shape index (κ1) is 25.6. The molecule has 0 radical (unpaired) electrons. The smallest absolute Gasteiger partial charge is 0.230 e. The van der Waals surface area contributed by atoms with Crippen LogP contribution < -0.4 is 4.90 Å². The van der Waals surface area contributed by atoms with Crippen LogP contribution in [0.5, 0.6) is 0 Å². The first-order valence-electron chi connectivity index (χ1n) is 11.9. The van der Waals surface area contributed by atoms with E-state index in [0.29, 0.717) is 32.9 Å². The molecule has 6 heteroatoms. The summed E-state index contributed by atoms with van der Waals surface area (Å²) < 4.78 is 0. The van der Waals surface area contributed by atoms with Gasteiger partial charge in [-0.05, 0) is 85.2 Å². The van der Waals surface area contributed by atoms with Crippen molar-refractivity contribution in [3.05, 3.63) is 98.5 Å². The van der Waals surface area contributed by atoms with Crippen LogP contribution in [-0.4, -0.2) is 12.5 Å². The van der Waals surface area contributed by atoms with Gasteiger partial charge in [-0.15, -0.1) is 0 Å². The van der Waals surface area contributed by atoms with Crippen molar-refractivity contribution in [3.8, 4) is 6.07 Å². The Balaban J connectivity index is 1.67. The van der Waals surface area contributed by atoms with Crippen LogP contribution in [0.3, 0.4) is 0 Å². The Morgan fingerprint density at radius 3 is 2.29 bits per heavy atom. The van der Waals surface area contributed by atoms with E-state index in [-0.39, 0.29) is 17.7 Å². The second-order valence-electron chi connectivity index (χ2n) is 9.24. The Hall–Kier alpha value is -2.51. The lowest BCUT2D eigenvalue weighted by atomic mass is 9.90. The maximum atomic E-state index is 13.7. The molecule has 0 spiro atoms. The predicted molar refractivity (Wildman–Crippen MR) is 144 cm³/mol. The zero-order valence-electron chi connectivity index (χ0n) is 19.4. The third-order valence-electron chi connectivity index (χ3n) is 6.63. The molecule has 0 bridgehead atoms. The van der Waals surface area contributed by atoms with E-state index in [2.05, 4.69) is 6.07 Å². The second kappa shape index (κ2) is 12.0. The molecule has 1 atom stereocenters. The highest BCUT2D eigenvalue weighted by molar-refractivity contribution is 6.36. The van der Waals surface area contributed by atoms with Crippen LogP contribution in [0.15, 0.2) is 66.7 Å². The van der Waals surface area contributed by atoms with Crippen LogP contribution in [0.1, 0.15) is 42.4 Å². The lowest BCUT2D eigenvalue weighted by Crippen LogP contribution is -2.40. The number of carbonyl (C=O) groups is 1. The number of nitriles is 1. The first-order valence-corrected chi connectivity index (χ1v) is 13.1. The molecule has 1 saturated carbocycles. The summed E-state index contributed by atoms with van der Waals surface area (Å²) >= 11 is 18.9. The maximum absolute atomic E-state index is 13.7. The number of nitrogens with zero attached hydrogens (tertiary/aromatic N) is 2. The number of amides is 1. The third kappa shape index (κ3) is 6.79. The van der Waals surface area contributed by atoms with Crippen molar-refractivity contribution >= 4 is 46.4 Å². The van der Waals surface area contributed by atoms with Gasteiger partial charge in [0, 0.05) is 22.5 Å². The van der Waals surface area contributed by atoms with Crippen molar-refractivity contribution in [2.24, 2.45) is 11.8 Å². The van der Waals surface area contributed by atoms with Crippen molar-refractivity contribution in [1.29, 1.82) is 5.26 Å². The molecule has 0 aromatic heterocycles. The summed E-state index contributed by atoms with van der Waals surface area (Å²) in [6.45, 7) is 0.510. The fourth-order valence-electron chi connectivity index (χ4n) is 4.91. The monoisotopic (exact) mass is 524 g/mol. The van der Waals surface area contributed by atoms with Gasteiger partial charge < -0.3 is 4.90 Å². The average molecular weight is 526 g/mol. The quantitative estimate of drug-likeness (QED) is 0.298. The predicted octanol–water partition coefficient (Wildman–Crippen LogP) is 8.14. The Morgan fingerprint density at radius 2 is 1.60 bits per heavy atom. The third-order valence-corrected chi connectivity index (χ3v) is 7.42. The van der Waals surface area contributed by atoms with Gasteiger partial charge in [0.1, 0.15) is 0 Å². The van der Waals surface area contributed by atoms with Gasteiger partial charge in [-0.2, -0.15) is 5.26 Å². The SMILES string of the molecule is N#Cc1cccc(CC(Cc2ccc(Cl)cc2)CN(C(=O)C2CCCC2)c2ccc(Cl)cc2Cl)c1. The summed E-state index contributed by atoms with van der Waals surface area (Å²) in [5.74, 6) is 0.237. The van der Waals surface area contributed by atoms with Crippen molar-refractivity contribution in [3.63, 3.8) is 0 Å². The van der Waals surface area contributed by atoms with E-state index in [1.165, 1.54) is 0 Å². The van der Waals surface area contributed by atoms with E-state index in [9.17, 15) is 10.1 Å². The van der Waals surface area contributed by atoms with Crippen LogP contribution in [0, 0.1) is 23.2 Å². The molecule has 0 aliphatic heterocycles. The number of rotatable bonds is 8. The van der Waals surface area contributed by atoms with E-state index in [4.69, 9.17) is 34.8 Å². The molecule has 1 aliphatic carbocycles. The molecular formula is C29H27Cl3N2O. The lowest BCUT2D eigenvalue weighted by molar-refractivity contribution is -0.122. The van der Waals surface area contributed by atoms with Crippen LogP contribution >= 0.6 is 34.8 Å². The van der Waals surface area contributed by atoms with Crippen molar-refractivity contribution < 1.29 is 4.79 Å². The van der Waals surface area contributed by atoms with E-state index in [1.807, 2.05) is 53.4 Å². The molecule has 4 rings (SSSR count). The van der Waals surface area contributed by atoms with Gasteiger partial charge >= 0.3 is 0 Å². The summed E-state index contributed by atoms with van der Waals surface area (Å²) in [7, 11) is 0. The summed E-state index contributed by atoms with van der Waals surface area (Å²) in [5.41, 5.74) is 3.54. The molecule has 1 unspecified atom stereocenters. The summed E-state index contributed by atoms with van der Waals surface area (Å²) in [4.78, 5) is 15.6. The maximum Gasteiger partial charge on any atom is 0.230 e. The minimum Gasteiger partial charge on any atom is -0.310 e. The number of benzene rings is 3. The zero-order chi connectivity index (χ0) is 24.8. The molecule has 0 N–H and O–H groups in total. The Kier molecular flexibility index (Phi) is 8.74. The van der Waals surface area contributed by atoms with E-state index in [0.717, 1.165) is 49.7 Å². The molecule has 3 aromatic carbocycles. The highest BCUT2D eigenvalue weighted by Gasteiger charge is 2.31. The molecule has 1 fully saturated rings. The highest BCUT2D eigenvalue weighted by Crippen LogP contribution is 2.34. The second-order valence-corrected chi connectivity index (χ2v) is 10.5.